The second-order valence-electron chi connectivity index (χ2n) is 4.98. The third-order valence-corrected chi connectivity index (χ3v) is 4.19. The Bertz CT molecular complexity index is 483. The summed E-state index contributed by atoms with van der Waals surface area (Å²) in [6, 6.07) is 0. The predicted octanol–water partition coefficient (Wildman–Crippen LogP) is 2.55. The van der Waals surface area contributed by atoms with Gasteiger partial charge in [-0.05, 0) is 32.9 Å². The number of nitrogens with one attached hydrogen (secondary N) is 1. The first-order chi connectivity index (χ1) is 8.81. The van der Waals surface area contributed by atoms with Crippen LogP contribution < -0.4 is 0 Å². The van der Waals surface area contributed by atoms with Crippen LogP contribution in [0, 0.1) is 6.92 Å². The van der Waals surface area contributed by atoms with Gasteiger partial charge in [-0.3, -0.25) is 4.90 Å². The molecule has 1 saturated heterocycles. The molecule has 0 aromatic carbocycles. The highest BCUT2D eigenvalue weighted by atomic mass is 32.1. The lowest BCUT2D eigenvalue weighted by molar-refractivity contribution is 0.199. The van der Waals surface area contributed by atoms with E-state index in [0.29, 0.717) is 5.92 Å². The smallest absolute Gasteiger partial charge is 0.120 e. The molecule has 1 aliphatic rings. The Morgan fingerprint density at radius 2 is 2.22 bits per heavy atom. The van der Waals surface area contributed by atoms with E-state index < -0.39 is 0 Å². The summed E-state index contributed by atoms with van der Waals surface area (Å²) >= 11 is 1.70. The van der Waals surface area contributed by atoms with Gasteiger partial charge < -0.3 is 4.98 Å². The van der Waals surface area contributed by atoms with Crippen molar-refractivity contribution in [2.24, 2.45) is 0 Å². The summed E-state index contributed by atoms with van der Waals surface area (Å²) < 4.78 is 0. The average molecular weight is 262 g/mol. The second-order valence-corrected chi connectivity index (χ2v) is 5.70. The van der Waals surface area contributed by atoms with E-state index in [9.17, 15) is 0 Å². The van der Waals surface area contributed by atoms with Crippen LogP contribution in [0.4, 0.5) is 0 Å². The maximum Gasteiger partial charge on any atom is 0.120 e. The van der Waals surface area contributed by atoms with Gasteiger partial charge in [-0.25, -0.2) is 9.97 Å². The van der Waals surface area contributed by atoms with Crippen molar-refractivity contribution in [1.82, 2.24) is 19.9 Å². The highest BCUT2D eigenvalue weighted by molar-refractivity contribution is 7.07. The molecule has 0 aliphatic carbocycles. The molecule has 4 nitrogen and oxygen atoms in total. The molecule has 0 bridgehead atoms. The van der Waals surface area contributed by atoms with Gasteiger partial charge >= 0.3 is 0 Å². The molecule has 5 heteroatoms. The summed E-state index contributed by atoms with van der Waals surface area (Å²) in [6.45, 7) is 5.27. The highest BCUT2D eigenvalue weighted by Crippen LogP contribution is 2.27. The fraction of sp³-hybridized carbons (Fsp3) is 0.538. The predicted molar refractivity (Wildman–Crippen MR) is 72.7 cm³/mol. The zero-order chi connectivity index (χ0) is 12.4. The molecule has 18 heavy (non-hydrogen) atoms. The molecule has 96 valence electrons. The molecule has 1 N–H and O–H groups in total. The fourth-order valence-corrected chi connectivity index (χ4v) is 3.21. The monoisotopic (exact) mass is 262 g/mol. The minimum atomic E-state index is 0.658. The second kappa shape index (κ2) is 5.20. The van der Waals surface area contributed by atoms with E-state index >= 15 is 0 Å². The largest absolute Gasteiger partial charge is 0.345 e. The number of hydrogen-bond acceptors (Lipinski definition) is 4. The highest BCUT2D eigenvalue weighted by Gasteiger charge is 2.22. The molecule has 0 radical (unpaired) electrons. The van der Waals surface area contributed by atoms with Gasteiger partial charge in [0, 0.05) is 23.2 Å². The van der Waals surface area contributed by atoms with Crippen molar-refractivity contribution in [3.63, 3.8) is 0 Å². The van der Waals surface area contributed by atoms with Crippen LogP contribution in [-0.2, 0) is 6.54 Å². The first-order valence-electron chi connectivity index (χ1n) is 6.42. The number of likely N-dealkylation sites (tertiary alicyclic amines) is 1. The zero-order valence-electron chi connectivity index (χ0n) is 10.6. The van der Waals surface area contributed by atoms with Gasteiger partial charge in [0.15, 0.2) is 0 Å². The summed E-state index contributed by atoms with van der Waals surface area (Å²) in [4.78, 5) is 14.6. The summed E-state index contributed by atoms with van der Waals surface area (Å²) in [5.41, 5.74) is 4.36. The molecule has 2 aromatic rings. The van der Waals surface area contributed by atoms with E-state index in [-0.39, 0.29) is 0 Å². The summed E-state index contributed by atoms with van der Waals surface area (Å²) in [5, 5.41) is 2.19. The summed E-state index contributed by atoms with van der Waals surface area (Å²) in [5.74, 6) is 1.74. The third-order valence-electron chi connectivity index (χ3n) is 3.59. The number of imidazole rings is 1. The number of aryl methyl sites for hydroxylation is 1. The number of H-pyrrole nitrogens is 1. The molecular weight excluding hydrogens is 244 g/mol. The Labute approximate surface area is 111 Å². The van der Waals surface area contributed by atoms with Crippen molar-refractivity contribution >= 4 is 11.3 Å². The van der Waals surface area contributed by atoms with Crippen molar-refractivity contribution in [1.29, 1.82) is 0 Å². The number of thiazole rings is 1. The van der Waals surface area contributed by atoms with E-state index in [1.165, 1.54) is 18.5 Å². The molecule has 0 amide bonds. The number of aromatic nitrogens is 3. The van der Waals surface area contributed by atoms with Crippen LogP contribution in [0.1, 0.15) is 36.0 Å². The number of piperidine rings is 1. The Morgan fingerprint density at radius 1 is 1.39 bits per heavy atom. The third kappa shape index (κ3) is 2.62. The molecule has 0 saturated carbocycles. The summed E-state index contributed by atoms with van der Waals surface area (Å²) in [7, 11) is 0. The zero-order valence-corrected chi connectivity index (χ0v) is 11.4. The standard InChI is InChI=1S/C13H18N4S/c1-10-6-14-13(16-10)7-17-4-2-11(3-5-17)12-8-18-9-15-12/h6,8-9,11H,2-5,7H2,1H3,(H,14,16). The number of aromatic amines is 1. The van der Waals surface area contributed by atoms with E-state index in [1.807, 2.05) is 18.6 Å². The lowest BCUT2D eigenvalue weighted by atomic mass is 9.94. The van der Waals surface area contributed by atoms with E-state index in [0.717, 1.165) is 31.2 Å². The van der Waals surface area contributed by atoms with E-state index in [1.54, 1.807) is 11.3 Å². The lowest BCUT2D eigenvalue weighted by Crippen LogP contribution is -2.32. The van der Waals surface area contributed by atoms with Crippen molar-refractivity contribution in [2.45, 2.75) is 32.2 Å². The van der Waals surface area contributed by atoms with Crippen LogP contribution in [0.3, 0.4) is 0 Å². The normalized spacial score (nSPS) is 18.3. The molecule has 0 unspecified atom stereocenters. The molecule has 0 spiro atoms. The first kappa shape index (κ1) is 11.9. The Kier molecular flexibility index (Phi) is 3.43. The molecule has 1 aliphatic heterocycles. The average Bonchev–Trinajstić information content (AvgIpc) is 3.02. The minimum absolute atomic E-state index is 0.658. The fourth-order valence-electron chi connectivity index (χ4n) is 2.57. The molecule has 2 aromatic heterocycles. The van der Waals surface area contributed by atoms with Gasteiger partial charge in [0.25, 0.3) is 0 Å². The maximum absolute atomic E-state index is 4.43. The van der Waals surface area contributed by atoms with Crippen molar-refractivity contribution in [3.05, 3.63) is 34.3 Å². The summed E-state index contributed by atoms with van der Waals surface area (Å²) in [6.07, 6.45) is 4.32. The Morgan fingerprint density at radius 3 is 2.83 bits per heavy atom. The van der Waals surface area contributed by atoms with Crippen molar-refractivity contribution in [2.75, 3.05) is 13.1 Å². The topological polar surface area (TPSA) is 44.8 Å². The SMILES string of the molecule is Cc1cnc(CN2CCC(c3cscn3)CC2)[nH]1. The van der Waals surface area contributed by atoms with Crippen molar-refractivity contribution in [3.8, 4) is 0 Å². The maximum atomic E-state index is 4.43. The van der Waals surface area contributed by atoms with Gasteiger partial charge in [0.1, 0.15) is 5.82 Å². The van der Waals surface area contributed by atoms with Crippen LogP contribution in [-0.4, -0.2) is 32.9 Å². The van der Waals surface area contributed by atoms with Crippen LogP contribution in [0.2, 0.25) is 0 Å². The first-order valence-corrected chi connectivity index (χ1v) is 7.36. The molecule has 3 rings (SSSR count). The lowest BCUT2D eigenvalue weighted by Gasteiger charge is -2.30. The van der Waals surface area contributed by atoms with Gasteiger partial charge in [0.05, 0.1) is 17.7 Å². The van der Waals surface area contributed by atoms with Crippen LogP contribution in [0.25, 0.3) is 0 Å². The minimum Gasteiger partial charge on any atom is -0.345 e. The molecule has 0 atom stereocenters. The Hall–Kier alpha value is -1.20. The quantitative estimate of drug-likeness (QED) is 0.924. The molecule has 1 fully saturated rings. The Balaban J connectivity index is 1.54. The van der Waals surface area contributed by atoms with Gasteiger partial charge in [-0.15, -0.1) is 11.3 Å². The molecular formula is C13H18N4S. The number of rotatable bonds is 3. The molecule has 3 heterocycles. The van der Waals surface area contributed by atoms with E-state index in [4.69, 9.17) is 0 Å². The number of nitrogens with zero attached hydrogens (tertiary/aromatic N) is 3. The van der Waals surface area contributed by atoms with Gasteiger partial charge in [-0.2, -0.15) is 0 Å². The van der Waals surface area contributed by atoms with Crippen LogP contribution >= 0.6 is 11.3 Å². The van der Waals surface area contributed by atoms with Crippen LogP contribution in [0.15, 0.2) is 17.1 Å². The number of hydrogen-bond donors (Lipinski definition) is 1. The van der Waals surface area contributed by atoms with Gasteiger partial charge in [0.2, 0.25) is 0 Å². The van der Waals surface area contributed by atoms with Crippen molar-refractivity contribution < 1.29 is 0 Å². The van der Waals surface area contributed by atoms with Gasteiger partial charge in [-0.1, -0.05) is 0 Å². The van der Waals surface area contributed by atoms with E-state index in [2.05, 4.69) is 25.2 Å². The van der Waals surface area contributed by atoms with Crippen LogP contribution in [0.5, 0.6) is 0 Å².